The summed E-state index contributed by atoms with van der Waals surface area (Å²) in [6.07, 6.45) is 4.31. The van der Waals surface area contributed by atoms with Crippen molar-refractivity contribution in [3.8, 4) is 0 Å². The van der Waals surface area contributed by atoms with E-state index in [1.807, 2.05) is 0 Å². The molecule has 1 aliphatic heterocycles. The van der Waals surface area contributed by atoms with Crippen molar-refractivity contribution in [3.05, 3.63) is 29.8 Å². The first-order chi connectivity index (χ1) is 12.3. The Labute approximate surface area is 152 Å². The first kappa shape index (κ1) is 19.1. The molecule has 1 heterocycles. The Morgan fingerprint density at radius 2 is 1.81 bits per heavy atom. The number of likely N-dealkylation sites (N-methyl/N-ethyl adjacent to an activating group) is 1. The van der Waals surface area contributed by atoms with Crippen LogP contribution in [0, 0.1) is 11.6 Å². The van der Waals surface area contributed by atoms with Gasteiger partial charge in [0.1, 0.15) is 0 Å². The molecule has 1 unspecified atom stereocenters. The van der Waals surface area contributed by atoms with Crippen LogP contribution in [0.2, 0.25) is 0 Å². The summed E-state index contributed by atoms with van der Waals surface area (Å²) in [6, 6.07) is 3.30. The minimum absolute atomic E-state index is 0.00187. The van der Waals surface area contributed by atoms with Crippen molar-refractivity contribution >= 4 is 21.4 Å². The highest BCUT2D eigenvalue weighted by atomic mass is 32.2. The number of anilines is 1. The van der Waals surface area contributed by atoms with Crippen molar-refractivity contribution in [2.75, 3.05) is 30.0 Å². The number of hydrogen-bond acceptors (Lipinski definition) is 4. The summed E-state index contributed by atoms with van der Waals surface area (Å²) in [7, 11) is -1.45. The summed E-state index contributed by atoms with van der Waals surface area (Å²) in [5, 5.41) is 0. The third kappa shape index (κ3) is 4.16. The van der Waals surface area contributed by atoms with Gasteiger partial charge in [0.2, 0.25) is 5.91 Å². The summed E-state index contributed by atoms with van der Waals surface area (Å²) >= 11 is 0. The van der Waals surface area contributed by atoms with Crippen molar-refractivity contribution in [2.45, 2.75) is 44.2 Å². The Bertz CT molecular complexity index is 779. The van der Waals surface area contributed by atoms with E-state index in [4.69, 9.17) is 0 Å². The molecule has 1 saturated heterocycles. The molecule has 1 aliphatic carbocycles. The number of benzene rings is 1. The van der Waals surface area contributed by atoms with E-state index in [2.05, 4.69) is 0 Å². The van der Waals surface area contributed by atoms with Crippen molar-refractivity contribution in [1.29, 1.82) is 0 Å². The minimum atomic E-state index is -3.09. The Morgan fingerprint density at radius 1 is 1.12 bits per heavy atom. The molecule has 2 aliphatic rings. The predicted octanol–water partition coefficient (Wildman–Crippen LogP) is 2.36. The van der Waals surface area contributed by atoms with Crippen LogP contribution in [-0.4, -0.2) is 56.4 Å². The lowest BCUT2D eigenvalue weighted by molar-refractivity contribution is -0.134. The van der Waals surface area contributed by atoms with Crippen LogP contribution < -0.4 is 4.90 Å². The molecular formula is C18H24F2N2O3S. The summed E-state index contributed by atoms with van der Waals surface area (Å²) in [4.78, 5) is 16.3. The van der Waals surface area contributed by atoms with E-state index in [0.717, 1.165) is 37.8 Å². The zero-order chi connectivity index (χ0) is 18.9. The molecule has 1 saturated carbocycles. The number of amides is 1. The number of rotatable bonds is 5. The van der Waals surface area contributed by atoms with Gasteiger partial charge in [-0.1, -0.05) is 12.8 Å². The smallest absolute Gasteiger partial charge is 0.242 e. The van der Waals surface area contributed by atoms with E-state index in [1.165, 1.54) is 6.07 Å². The van der Waals surface area contributed by atoms with E-state index in [9.17, 15) is 22.0 Å². The lowest BCUT2D eigenvalue weighted by atomic mass is 10.1. The lowest BCUT2D eigenvalue weighted by Crippen LogP contribution is -2.50. The second kappa shape index (κ2) is 7.50. The first-order valence-electron chi connectivity index (χ1n) is 8.94. The summed E-state index contributed by atoms with van der Waals surface area (Å²) in [6.45, 7) is -0.00187. The van der Waals surface area contributed by atoms with E-state index >= 15 is 0 Å². The van der Waals surface area contributed by atoms with E-state index in [1.54, 1.807) is 16.8 Å². The lowest BCUT2D eigenvalue weighted by Gasteiger charge is -2.35. The van der Waals surface area contributed by atoms with Crippen molar-refractivity contribution in [3.63, 3.8) is 0 Å². The van der Waals surface area contributed by atoms with Crippen molar-refractivity contribution in [2.24, 2.45) is 0 Å². The average Bonchev–Trinajstić information content (AvgIpc) is 3.20. The fraction of sp³-hybridized carbons (Fsp3) is 0.611. The largest absolute Gasteiger partial charge is 0.365 e. The van der Waals surface area contributed by atoms with Crippen LogP contribution in [0.4, 0.5) is 14.5 Å². The van der Waals surface area contributed by atoms with E-state index in [0.29, 0.717) is 12.1 Å². The van der Waals surface area contributed by atoms with Gasteiger partial charge in [-0.05, 0) is 31.4 Å². The molecule has 0 bridgehead atoms. The Kier molecular flexibility index (Phi) is 5.50. The predicted molar refractivity (Wildman–Crippen MR) is 95.8 cm³/mol. The van der Waals surface area contributed by atoms with Gasteiger partial charge in [-0.2, -0.15) is 0 Å². The number of hydrogen-bond donors (Lipinski definition) is 0. The van der Waals surface area contributed by atoms with E-state index < -0.39 is 21.5 Å². The maximum Gasteiger partial charge on any atom is 0.242 e. The third-order valence-electron chi connectivity index (χ3n) is 5.32. The number of carbonyl (C=O) groups excluding carboxylic acids is 1. The SMILES string of the molecule is CN(CC(=O)N(C1CCCC1)C1CCS(=O)(=O)C1)c1ccc(F)c(F)c1. The molecule has 1 atom stereocenters. The third-order valence-corrected chi connectivity index (χ3v) is 7.07. The molecule has 0 radical (unpaired) electrons. The molecule has 144 valence electrons. The van der Waals surface area contributed by atoms with Crippen LogP contribution in [-0.2, 0) is 14.6 Å². The highest BCUT2D eigenvalue weighted by Gasteiger charge is 2.39. The first-order valence-corrected chi connectivity index (χ1v) is 10.8. The normalized spacial score (nSPS) is 22.5. The molecule has 0 aromatic heterocycles. The van der Waals surface area contributed by atoms with Gasteiger partial charge in [-0.25, -0.2) is 17.2 Å². The molecule has 3 rings (SSSR count). The van der Waals surface area contributed by atoms with Crippen LogP contribution in [0.1, 0.15) is 32.1 Å². The van der Waals surface area contributed by atoms with E-state index in [-0.39, 0.29) is 36.0 Å². The van der Waals surface area contributed by atoms with Gasteiger partial charge < -0.3 is 9.80 Å². The van der Waals surface area contributed by atoms with Crippen LogP contribution in [0.25, 0.3) is 0 Å². The second-order valence-corrected chi connectivity index (χ2v) is 9.48. The molecule has 8 heteroatoms. The molecular weight excluding hydrogens is 362 g/mol. The summed E-state index contributed by atoms with van der Waals surface area (Å²) in [5.74, 6) is -1.92. The number of nitrogens with zero attached hydrogens (tertiary/aromatic N) is 2. The zero-order valence-electron chi connectivity index (χ0n) is 14.8. The molecule has 1 aromatic carbocycles. The summed E-state index contributed by atoms with van der Waals surface area (Å²) in [5.41, 5.74) is 0.405. The maximum atomic E-state index is 13.4. The van der Waals surface area contributed by atoms with Crippen molar-refractivity contribution < 1.29 is 22.0 Å². The number of sulfone groups is 1. The molecule has 0 spiro atoms. The molecule has 1 aromatic rings. The highest BCUT2D eigenvalue weighted by Crippen LogP contribution is 2.29. The van der Waals surface area contributed by atoms with Crippen LogP contribution in [0.3, 0.4) is 0 Å². The second-order valence-electron chi connectivity index (χ2n) is 7.25. The van der Waals surface area contributed by atoms with Gasteiger partial charge in [0.25, 0.3) is 0 Å². The van der Waals surface area contributed by atoms with Gasteiger partial charge >= 0.3 is 0 Å². The number of carbonyl (C=O) groups is 1. The van der Waals surface area contributed by atoms with Crippen LogP contribution in [0.15, 0.2) is 18.2 Å². The van der Waals surface area contributed by atoms with Crippen molar-refractivity contribution in [1.82, 2.24) is 4.90 Å². The van der Waals surface area contributed by atoms with Crippen LogP contribution in [0.5, 0.6) is 0 Å². The Hall–Kier alpha value is -1.70. The fourth-order valence-electron chi connectivity index (χ4n) is 3.98. The molecule has 2 fully saturated rings. The van der Waals surface area contributed by atoms with Gasteiger partial charge in [-0.15, -0.1) is 0 Å². The standard InChI is InChI=1S/C18H24F2N2O3S/c1-21(14-6-7-16(19)17(20)10-14)11-18(23)22(13-4-2-3-5-13)15-8-9-26(24,25)12-15/h6-7,10,13,15H,2-5,8-9,11-12H2,1H3. The quantitative estimate of drug-likeness (QED) is 0.780. The van der Waals surface area contributed by atoms with Gasteiger partial charge in [0, 0.05) is 30.9 Å². The Morgan fingerprint density at radius 3 is 2.38 bits per heavy atom. The molecule has 1 amide bonds. The molecule has 5 nitrogen and oxygen atoms in total. The average molecular weight is 386 g/mol. The fourth-order valence-corrected chi connectivity index (χ4v) is 5.69. The van der Waals surface area contributed by atoms with Gasteiger partial charge in [0.15, 0.2) is 21.5 Å². The minimum Gasteiger partial charge on any atom is -0.365 e. The van der Waals surface area contributed by atoms with Crippen LogP contribution >= 0.6 is 0 Å². The van der Waals surface area contributed by atoms with Gasteiger partial charge in [-0.3, -0.25) is 4.79 Å². The molecule has 26 heavy (non-hydrogen) atoms. The zero-order valence-corrected chi connectivity index (χ0v) is 15.6. The topological polar surface area (TPSA) is 57.7 Å². The summed E-state index contributed by atoms with van der Waals surface area (Å²) < 4.78 is 50.3. The Balaban J connectivity index is 1.75. The maximum absolute atomic E-state index is 13.4. The van der Waals surface area contributed by atoms with Gasteiger partial charge in [0.05, 0.1) is 18.1 Å². The number of halogens is 2. The monoisotopic (exact) mass is 386 g/mol. The highest BCUT2D eigenvalue weighted by molar-refractivity contribution is 7.91. The molecule has 0 N–H and O–H groups in total.